The van der Waals surface area contributed by atoms with Gasteiger partial charge in [0.1, 0.15) is 15.1 Å². The molecule has 0 aromatic heterocycles. The van der Waals surface area contributed by atoms with Crippen LogP contribution in [0.4, 0.5) is 11.4 Å². The summed E-state index contributed by atoms with van der Waals surface area (Å²) in [6.07, 6.45) is 2.33. The Kier molecular flexibility index (Phi) is 6.93. The van der Waals surface area contributed by atoms with Gasteiger partial charge in [-0.15, -0.1) is 0 Å². The SMILES string of the molecule is C(=C1/SC(c2ccccc2)=NN1c1ccccc1)/[C@@]1(c2ccccc2)SC(c2ccccc2)=NN1c1ccccc1. The molecule has 6 heteroatoms. The van der Waals surface area contributed by atoms with E-state index in [0.29, 0.717) is 0 Å². The molecule has 41 heavy (non-hydrogen) atoms. The number of benzene rings is 5. The average Bonchev–Trinajstić information content (AvgIpc) is 3.66. The third-order valence-corrected chi connectivity index (χ3v) is 9.27. The lowest BCUT2D eigenvalue weighted by molar-refractivity contribution is 0.713. The standard InChI is InChI=1S/C35H26N4S2/c1-6-16-27(17-7-1)33-36-38(30-22-12-4-13-23-30)32(40-33)26-35(29-20-10-3-11-21-29)39(31-24-14-5-15-25-31)37-34(41-35)28-18-8-2-9-19-28/h1-26H/b32-26-/t35-/m0/s1. The molecule has 0 saturated carbocycles. The van der Waals surface area contributed by atoms with Gasteiger partial charge in [0.05, 0.1) is 11.4 Å². The maximum absolute atomic E-state index is 5.28. The highest BCUT2D eigenvalue weighted by Crippen LogP contribution is 2.52. The first-order valence-electron chi connectivity index (χ1n) is 13.4. The quantitative estimate of drug-likeness (QED) is 0.205. The lowest BCUT2D eigenvalue weighted by Crippen LogP contribution is -2.36. The zero-order valence-corrected chi connectivity index (χ0v) is 23.7. The summed E-state index contributed by atoms with van der Waals surface area (Å²) in [7, 11) is 0. The van der Waals surface area contributed by atoms with Crippen LogP contribution >= 0.6 is 23.5 Å². The van der Waals surface area contributed by atoms with E-state index >= 15 is 0 Å². The van der Waals surface area contributed by atoms with Crippen LogP contribution in [-0.2, 0) is 4.87 Å². The van der Waals surface area contributed by atoms with Crippen molar-refractivity contribution in [2.75, 3.05) is 10.0 Å². The predicted octanol–water partition coefficient (Wildman–Crippen LogP) is 8.91. The van der Waals surface area contributed by atoms with Crippen molar-refractivity contribution in [3.63, 3.8) is 0 Å². The van der Waals surface area contributed by atoms with Crippen LogP contribution in [0, 0.1) is 0 Å². The number of anilines is 2. The number of rotatable bonds is 6. The molecule has 1 atom stereocenters. The van der Waals surface area contributed by atoms with E-state index in [2.05, 4.69) is 143 Å². The second-order valence-corrected chi connectivity index (χ2v) is 11.8. The van der Waals surface area contributed by atoms with Crippen molar-refractivity contribution in [3.05, 3.63) is 179 Å². The average molecular weight is 567 g/mol. The first-order valence-corrected chi connectivity index (χ1v) is 15.1. The van der Waals surface area contributed by atoms with Crippen molar-refractivity contribution in [2.45, 2.75) is 4.87 Å². The molecule has 198 valence electrons. The molecule has 0 unspecified atom stereocenters. The van der Waals surface area contributed by atoms with Gasteiger partial charge in [0.25, 0.3) is 0 Å². The zero-order valence-electron chi connectivity index (χ0n) is 22.1. The van der Waals surface area contributed by atoms with Crippen molar-refractivity contribution >= 4 is 45.0 Å². The Morgan fingerprint density at radius 1 is 0.512 bits per heavy atom. The Bertz CT molecular complexity index is 1720. The minimum absolute atomic E-state index is 0.662. The largest absolute Gasteiger partial charge is 0.239 e. The second kappa shape index (κ2) is 11.2. The molecule has 0 saturated heterocycles. The highest BCUT2D eigenvalue weighted by atomic mass is 32.2. The van der Waals surface area contributed by atoms with Crippen LogP contribution < -0.4 is 10.0 Å². The van der Waals surface area contributed by atoms with Crippen LogP contribution in [0.25, 0.3) is 0 Å². The van der Waals surface area contributed by atoms with E-state index in [1.54, 1.807) is 23.5 Å². The van der Waals surface area contributed by atoms with E-state index in [1.165, 1.54) is 0 Å². The molecule has 2 aliphatic rings. The molecule has 5 aromatic carbocycles. The topological polar surface area (TPSA) is 31.2 Å². The Hall–Kier alpha value is -4.52. The van der Waals surface area contributed by atoms with E-state index in [1.807, 2.05) is 24.3 Å². The summed E-state index contributed by atoms with van der Waals surface area (Å²) in [6.45, 7) is 0. The molecule has 5 aromatic rings. The zero-order chi connectivity index (χ0) is 27.5. The number of nitrogens with zero attached hydrogens (tertiary/aromatic N) is 4. The summed E-state index contributed by atoms with van der Waals surface area (Å²) in [5.41, 5.74) is 5.35. The maximum Gasteiger partial charge on any atom is 0.160 e. The van der Waals surface area contributed by atoms with Gasteiger partial charge in [-0.3, -0.25) is 0 Å². The molecule has 0 amide bonds. The van der Waals surface area contributed by atoms with E-state index < -0.39 is 4.87 Å². The Balaban J connectivity index is 1.42. The molecular weight excluding hydrogens is 541 g/mol. The molecule has 0 spiro atoms. The van der Waals surface area contributed by atoms with Gasteiger partial charge in [0, 0.05) is 11.1 Å². The molecule has 0 bridgehead atoms. The van der Waals surface area contributed by atoms with E-state index in [4.69, 9.17) is 10.2 Å². The number of hydrazone groups is 2. The molecule has 0 aliphatic carbocycles. The van der Waals surface area contributed by atoms with Crippen LogP contribution in [0.5, 0.6) is 0 Å². The molecule has 2 aliphatic heterocycles. The van der Waals surface area contributed by atoms with Gasteiger partial charge in [-0.1, -0.05) is 139 Å². The fourth-order valence-electron chi connectivity index (χ4n) is 4.94. The summed E-state index contributed by atoms with van der Waals surface area (Å²) in [5.74, 6) is 0. The van der Waals surface area contributed by atoms with Crippen molar-refractivity contribution in [1.29, 1.82) is 0 Å². The Morgan fingerprint density at radius 3 is 1.59 bits per heavy atom. The molecule has 0 fully saturated rings. The first-order chi connectivity index (χ1) is 20.3. The fourth-order valence-corrected chi connectivity index (χ4v) is 7.38. The summed E-state index contributed by atoms with van der Waals surface area (Å²) >= 11 is 3.44. The predicted molar refractivity (Wildman–Crippen MR) is 175 cm³/mol. The number of para-hydroxylation sites is 2. The summed E-state index contributed by atoms with van der Waals surface area (Å²) in [6, 6.07) is 52.2. The summed E-state index contributed by atoms with van der Waals surface area (Å²) in [5, 5.41) is 17.6. The molecule has 2 heterocycles. The van der Waals surface area contributed by atoms with E-state index in [-0.39, 0.29) is 0 Å². The normalized spacial score (nSPS) is 19.4. The van der Waals surface area contributed by atoms with Gasteiger partial charge in [0.2, 0.25) is 0 Å². The van der Waals surface area contributed by atoms with Crippen LogP contribution in [0.2, 0.25) is 0 Å². The highest BCUT2D eigenvalue weighted by molar-refractivity contribution is 8.18. The van der Waals surface area contributed by atoms with E-state index in [9.17, 15) is 0 Å². The van der Waals surface area contributed by atoms with Gasteiger partial charge < -0.3 is 0 Å². The van der Waals surface area contributed by atoms with Gasteiger partial charge in [0.15, 0.2) is 4.87 Å². The van der Waals surface area contributed by atoms with Crippen LogP contribution in [-0.4, -0.2) is 10.1 Å². The minimum Gasteiger partial charge on any atom is -0.239 e. The maximum atomic E-state index is 5.28. The van der Waals surface area contributed by atoms with Crippen molar-refractivity contribution < 1.29 is 0 Å². The number of thioether (sulfide) groups is 2. The summed E-state index contributed by atoms with van der Waals surface area (Å²) < 4.78 is 0. The minimum atomic E-state index is -0.662. The molecule has 0 N–H and O–H groups in total. The fraction of sp³-hybridized carbons (Fsp3) is 0.0286. The van der Waals surface area contributed by atoms with Gasteiger partial charge in [-0.05, 0) is 47.7 Å². The van der Waals surface area contributed by atoms with Crippen molar-refractivity contribution in [2.24, 2.45) is 10.2 Å². The third-order valence-electron chi connectivity index (χ3n) is 6.91. The lowest BCUT2D eigenvalue weighted by atomic mass is 10.0. The van der Waals surface area contributed by atoms with Crippen molar-refractivity contribution in [3.8, 4) is 0 Å². The Morgan fingerprint density at radius 2 is 1.00 bits per heavy atom. The lowest BCUT2D eigenvalue weighted by Gasteiger charge is -2.35. The first kappa shape index (κ1) is 25.4. The van der Waals surface area contributed by atoms with Crippen LogP contribution in [0.15, 0.2) is 173 Å². The molecule has 7 rings (SSSR count). The second-order valence-electron chi connectivity index (χ2n) is 9.59. The Labute approximate surface area is 248 Å². The van der Waals surface area contributed by atoms with Crippen LogP contribution in [0.1, 0.15) is 16.7 Å². The highest BCUT2D eigenvalue weighted by Gasteiger charge is 2.46. The van der Waals surface area contributed by atoms with Gasteiger partial charge in [-0.2, -0.15) is 10.2 Å². The van der Waals surface area contributed by atoms with Crippen molar-refractivity contribution in [1.82, 2.24) is 0 Å². The van der Waals surface area contributed by atoms with Gasteiger partial charge in [-0.25, -0.2) is 10.0 Å². The van der Waals surface area contributed by atoms with Crippen LogP contribution in [0.3, 0.4) is 0 Å². The number of hydrogen-bond donors (Lipinski definition) is 0. The molecular formula is C35H26N4S2. The molecule has 0 radical (unpaired) electrons. The van der Waals surface area contributed by atoms with E-state index in [0.717, 1.165) is 43.2 Å². The number of hydrogen-bond acceptors (Lipinski definition) is 6. The van der Waals surface area contributed by atoms with Gasteiger partial charge >= 0.3 is 0 Å². The third kappa shape index (κ3) is 4.97. The molecule has 4 nitrogen and oxygen atoms in total. The smallest absolute Gasteiger partial charge is 0.160 e. The summed E-state index contributed by atoms with van der Waals surface area (Å²) in [4.78, 5) is -0.662. The monoisotopic (exact) mass is 566 g/mol.